The Labute approximate surface area is 167 Å². The number of hydrogen-bond donors (Lipinski definition) is 0. The summed E-state index contributed by atoms with van der Waals surface area (Å²) < 4.78 is 7.52. The van der Waals surface area contributed by atoms with Gasteiger partial charge in [-0.05, 0) is 36.2 Å². The highest BCUT2D eigenvalue weighted by molar-refractivity contribution is 7.99. The molecule has 0 aliphatic heterocycles. The fourth-order valence-corrected chi connectivity index (χ4v) is 3.73. The average Bonchev–Trinajstić information content (AvgIpc) is 3.03. The Bertz CT molecular complexity index is 912. The molecule has 136 valence electrons. The summed E-state index contributed by atoms with van der Waals surface area (Å²) in [6.07, 6.45) is 0. The number of aromatic nitrogens is 3. The van der Waals surface area contributed by atoms with Crippen LogP contribution in [-0.4, -0.2) is 27.6 Å². The minimum Gasteiger partial charge on any atom is -0.495 e. The van der Waals surface area contributed by atoms with Crippen molar-refractivity contribution in [1.82, 2.24) is 14.8 Å². The van der Waals surface area contributed by atoms with E-state index in [1.54, 1.807) is 24.9 Å². The summed E-state index contributed by atoms with van der Waals surface area (Å²) in [5.41, 5.74) is 1.68. The molecule has 1 aromatic heterocycles. The van der Waals surface area contributed by atoms with Gasteiger partial charge >= 0.3 is 0 Å². The minimum absolute atomic E-state index is 0.529. The Kier molecular flexibility index (Phi) is 6.12. The van der Waals surface area contributed by atoms with Crippen molar-refractivity contribution in [1.29, 1.82) is 0 Å². The Morgan fingerprint density at radius 1 is 1.08 bits per heavy atom. The van der Waals surface area contributed by atoms with Crippen LogP contribution in [0.1, 0.15) is 13.8 Å². The maximum Gasteiger partial charge on any atom is 0.196 e. The van der Waals surface area contributed by atoms with Gasteiger partial charge in [-0.2, -0.15) is 0 Å². The second-order valence-electron chi connectivity index (χ2n) is 6.17. The molecule has 0 bridgehead atoms. The molecule has 3 aromatic rings. The summed E-state index contributed by atoms with van der Waals surface area (Å²) in [6.45, 7) is 4.34. The first kappa shape index (κ1) is 19.1. The van der Waals surface area contributed by atoms with Gasteiger partial charge in [-0.15, -0.1) is 10.2 Å². The van der Waals surface area contributed by atoms with Gasteiger partial charge in [0.15, 0.2) is 11.0 Å². The monoisotopic (exact) mass is 407 g/mol. The molecule has 0 spiro atoms. The van der Waals surface area contributed by atoms with Crippen LogP contribution in [0.2, 0.25) is 10.0 Å². The maximum absolute atomic E-state index is 6.26. The second kappa shape index (κ2) is 8.33. The predicted octanol–water partition coefficient (Wildman–Crippen LogP) is 6.00. The fraction of sp³-hybridized carbons (Fsp3) is 0.263. The number of halogens is 2. The number of methoxy groups -OCH3 is 1. The normalized spacial score (nSPS) is 11.2. The molecule has 0 aliphatic rings. The number of hydrogen-bond acceptors (Lipinski definition) is 4. The molecule has 0 unspecified atom stereocenters. The van der Waals surface area contributed by atoms with Crippen LogP contribution in [0.25, 0.3) is 17.1 Å². The first-order valence-electron chi connectivity index (χ1n) is 8.17. The molecule has 2 aromatic carbocycles. The highest BCUT2D eigenvalue weighted by Crippen LogP contribution is 2.35. The summed E-state index contributed by atoms with van der Waals surface area (Å²) in [6, 6.07) is 13.1. The molecule has 0 saturated heterocycles. The third-order valence-corrected chi connectivity index (χ3v) is 5.47. The zero-order chi connectivity index (χ0) is 18.7. The second-order valence-corrected chi connectivity index (χ2v) is 8.03. The standard InChI is InChI=1S/C19H19Cl2N3OS/c1-12(2)11-26-19-23-22-18(13-5-4-6-14(20)9-13)24(19)16-10-15(21)7-8-17(16)25-3/h4-10,12H,11H2,1-3H3. The van der Waals surface area contributed by atoms with E-state index in [0.717, 1.165) is 22.2 Å². The van der Waals surface area contributed by atoms with Gasteiger partial charge in [0.25, 0.3) is 0 Å². The topological polar surface area (TPSA) is 39.9 Å². The first-order valence-corrected chi connectivity index (χ1v) is 9.92. The lowest BCUT2D eigenvalue weighted by Gasteiger charge is -2.15. The van der Waals surface area contributed by atoms with E-state index in [1.807, 2.05) is 41.0 Å². The van der Waals surface area contributed by atoms with E-state index >= 15 is 0 Å². The molecule has 3 rings (SSSR count). The van der Waals surface area contributed by atoms with Gasteiger partial charge in [-0.1, -0.05) is 60.9 Å². The van der Waals surface area contributed by atoms with Gasteiger partial charge in [0.05, 0.1) is 12.8 Å². The molecule has 26 heavy (non-hydrogen) atoms. The molecule has 0 radical (unpaired) electrons. The number of rotatable bonds is 6. The van der Waals surface area contributed by atoms with Crippen molar-refractivity contribution >= 4 is 35.0 Å². The quantitative estimate of drug-likeness (QED) is 0.469. The van der Waals surface area contributed by atoms with Gasteiger partial charge < -0.3 is 4.74 Å². The number of ether oxygens (including phenoxy) is 1. The van der Waals surface area contributed by atoms with Crippen LogP contribution in [0.15, 0.2) is 47.6 Å². The van der Waals surface area contributed by atoms with E-state index in [-0.39, 0.29) is 0 Å². The van der Waals surface area contributed by atoms with Crippen LogP contribution >= 0.6 is 35.0 Å². The van der Waals surface area contributed by atoms with Crippen LogP contribution in [0.3, 0.4) is 0 Å². The van der Waals surface area contributed by atoms with Crippen molar-refractivity contribution in [2.75, 3.05) is 12.9 Å². The Hall–Kier alpha value is -1.69. The highest BCUT2D eigenvalue weighted by Gasteiger charge is 2.20. The lowest BCUT2D eigenvalue weighted by molar-refractivity contribution is 0.412. The third kappa shape index (κ3) is 4.17. The Morgan fingerprint density at radius 2 is 1.85 bits per heavy atom. The van der Waals surface area contributed by atoms with Gasteiger partial charge in [0.1, 0.15) is 5.75 Å². The number of thioether (sulfide) groups is 1. The van der Waals surface area contributed by atoms with Crippen LogP contribution in [-0.2, 0) is 0 Å². The molecule has 7 heteroatoms. The average molecular weight is 408 g/mol. The SMILES string of the molecule is COc1ccc(Cl)cc1-n1c(SCC(C)C)nnc1-c1cccc(Cl)c1. The molecule has 0 atom stereocenters. The predicted molar refractivity (Wildman–Crippen MR) is 109 cm³/mol. The Balaban J connectivity index is 2.20. The summed E-state index contributed by atoms with van der Waals surface area (Å²) >= 11 is 14.1. The fourth-order valence-electron chi connectivity index (χ4n) is 2.47. The summed E-state index contributed by atoms with van der Waals surface area (Å²) in [5, 5.41) is 10.9. The lowest BCUT2D eigenvalue weighted by Crippen LogP contribution is -2.03. The lowest BCUT2D eigenvalue weighted by atomic mass is 10.2. The summed E-state index contributed by atoms with van der Waals surface area (Å²) in [5.74, 6) is 2.85. The highest BCUT2D eigenvalue weighted by atomic mass is 35.5. The zero-order valence-corrected chi connectivity index (χ0v) is 17.1. The molecule has 4 nitrogen and oxygen atoms in total. The van der Waals surface area contributed by atoms with Crippen LogP contribution in [0.5, 0.6) is 5.75 Å². The maximum atomic E-state index is 6.26. The van der Waals surface area contributed by atoms with Crippen molar-refractivity contribution in [2.24, 2.45) is 5.92 Å². The molecule has 0 saturated carbocycles. The molecule has 0 N–H and O–H groups in total. The number of benzene rings is 2. The van der Waals surface area contributed by atoms with Crippen molar-refractivity contribution in [2.45, 2.75) is 19.0 Å². The van der Waals surface area contributed by atoms with Gasteiger partial charge in [-0.25, -0.2) is 0 Å². The van der Waals surface area contributed by atoms with E-state index in [4.69, 9.17) is 27.9 Å². The van der Waals surface area contributed by atoms with Crippen LogP contribution in [0, 0.1) is 5.92 Å². The number of nitrogens with zero attached hydrogens (tertiary/aromatic N) is 3. The van der Waals surface area contributed by atoms with Crippen molar-refractivity contribution < 1.29 is 4.74 Å². The van der Waals surface area contributed by atoms with E-state index in [2.05, 4.69) is 24.0 Å². The van der Waals surface area contributed by atoms with E-state index in [1.165, 1.54) is 0 Å². The van der Waals surface area contributed by atoms with E-state index < -0.39 is 0 Å². The first-order chi connectivity index (χ1) is 12.5. The molecular weight excluding hydrogens is 389 g/mol. The molecule has 0 amide bonds. The molecule has 0 aliphatic carbocycles. The van der Waals surface area contributed by atoms with Crippen LogP contribution in [0.4, 0.5) is 0 Å². The molecule has 0 fully saturated rings. The van der Waals surface area contributed by atoms with Gasteiger partial charge in [0.2, 0.25) is 0 Å². The third-order valence-electron chi connectivity index (χ3n) is 3.64. The van der Waals surface area contributed by atoms with E-state index in [9.17, 15) is 0 Å². The summed E-state index contributed by atoms with van der Waals surface area (Å²) in [7, 11) is 1.64. The Morgan fingerprint density at radius 3 is 2.54 bits per heavy atom. The van der Waals surface area contributed by atoms with E-state index in [0.29, 0.717) is 27.5 Å². The molecule has 1 heterocycles. The van der Waals surface area contributed by atoms with Crippen LogP contribution < -0.4 is 4.74 Å². The minimum atomic E-state index is 0.529. The zero-order valence-electron chi connectivity index (χ0n) is 14.7. The van der Waals surface area contributed by atoms with Gasteiger partial charge in [0, 0.05) is 21.4 Å². The smallest absolute Gasteiger partial charge is 0.196 e. The van der Waals surface area contributed by atoms with Crippen molar-refractivity contribution in [3.8, 4) is 22.8 Å². The van der Waals surface area contributed by atoms with Gasteiger partial charge in [-0.3, -0.25) is 4.57 Å². The molecular formula is C19H19Cl2N3OS. The van der Waals surface area contributed by atoms with Crippen molar-refractivity contribution in [3.05, 3.63) is 52.5 Å². The summed E-state index contributed by atoms with van der Waals surface area (Å²) in [4.78, 5) is 0. The largest absolute Gasteiger partial charge is 0.495 e. The van der Waals surface area contributed by atoms with Crippen molar-refractivity contribution in [3.63, 3.8) is 0 Å².